The van der Waals surface area contributed by atoms with Crippen molar-refractivity contribution >= 4 is 56.0 Å². The third kappa shape index (κ3) is 4.50. The lowest BCUT2D eigenvalue weighted by molar-refractivity contribution is -0.124. The number of amides is 2. The van der Waals surface area contributed by atoms with E-state index in [1.807, 2.05) is 0 Å². The molecule has 2 saturated heterocycles. The molecular weight excluding hydrogens is 384 g/mol. The SMILES string of the molecule is O=C(CCN1C(=O)C(=Cc2ccco2)SC1=S)NC1CCS(=O)(=O)C1. The number of carbonyl (C=O) groups is 2. The fourth-order valence-electron chi connectivity index (χ4n) is 2.62. The summed E-state index contributed by atoms with van der Waals surface area (Å²) in [4.78, 5) is 26.2. The lowest BCUT2D eigenvalue weighted by atomic mass is 10.2. The number of nitrogens with one attached hydrogen (secondary N) is 1. The molecule has 2 aliphatic heterocycles. The molecule has 2 amide bonds. The van der Waals surface area contributed by atoms with Crippen LogP contribution < -0.4 is 5.32 Å². The highest BCUT2D eigenvalue weighted by molar-refractivity contribution is 8.26. The number of thioether (sulfide) groups is 1. The van der Waals surface area contributed by atoms with Crippen molar-refractivity contribution in [3.63, 3.8) is 0 Å². The highest BCUT2D eigenvalue weighted by Crippen LogP contribution is 2.32. The van der Waals surface area contributed by atoms with Crippen molar-refractivity contribution in [2.45, 2.75) is 18.9 Å². The smallest absolute Gasteiger partial charge is 0.266 e. The van der Waals surface area contributed by atoms with E-state index in [9.17, 15) is 18.0 Å². The molecule has 1 atom stereocenters. The highest BCUT2D eigenvalue weighted by atomic mass is 32.2. The Morgan fingerprint density at radius 3 is 2.96 bits per heavy atom. The Kier molecular flexibility index (Phi) is 5.30. The van der Waals surface area contributed by atoms with Gasteiger partial charge >= 0.3 is 0 Å². The van der Waals surface area contributed by atoms with Gasteiger partial charge < -0.3 is 9.73 Å². The molecule has 1 aromatic heterocycles. The molecule has 7 nitrogen and oxygen atoms in total. The lowest BCUT2D eigenvalue weighted by Crippen LogP contribution is -2.38. The number of nitrogens with zero attached hydrogens (tertiary/aromatic N) is 1. The van der Waals surface area contributed by atoms with Crippen molar-refractivity contribution in [1.29, 1.82) is 0 Å². The maximum absolute atomic E-state index is 12.4. The molecule has 134 valence electrons. The number of carbonyl (C=O) groups excluding carboxylic acids is 2. The highest BCUT2D eigenvalue weighted by Gasteiger charge is 2.33. The van der Waals surface area contributed by atoms with Gasteiger partial charge in [0, 0.05) is 25.1 Å². The van der Waals surface area contributed by atoms with Gasteiger partial charge in [0.15, 0.2) is 9.84 Å². The Morgan fingerprint density at radius 1 is 1.52 bits per heavy atom. The third-order valence-electron chi connectivity index (χ3n) is 3.85. The molecule has 10 heteroatoms. The van der Waals surface area contributed by atoms with Crippen LogP contribution in [-0.4, -0.2) is 53.5 Å². The van der Waals surface area contributed by atoms with Gasteiger partial charge in [-0.05, 0) is 18.6 Å². The monoisotopic (exact) mass is 400 g/mol. The Labute approximate surface area is 154 Å². The predicted octanol–water partition coefficient (Wildman–Crippen LogP) is 1.17. The molecule has 3 rings (SSSR count). The summed E-state index contributed by atoms with van der Waals surface area (Å²) < 4.78 is 28.4. The summed E-state index contributed by atoms with van der Waals surface area (Å²) in [5.41, 5.74) is 0. The van der Waals surface area contributed by atoms with Crippen molar-refractivity contribution in [3.8, 4) is 0 Å². The van der Waals surface area contributed by atoms with Gasteiger partial charge in [-0.3, -0.25) is 14.5 Å². The van der Waals surface area contributed by atoms with Crippen LogP contribution in [0, 0.1) is 0 Å². The van der Waals surface area contributed by atoms with Crippen LogP contribution in [0.4, 0.5) is 0 Å². The minimum atomic E-state index is -3.04. The Balaban J connectivity index is 1.53. The van der Waals surface area contributed by atoms with Crippen molar-refractivity contribution in [3.05, 3.63) is 29.1 Å². The predicted molar refractivity (Wildman–Crippen MR) is 98.4 cm³/mol. The second-order valence-corrected chi connectivity index (χ2v) is 9.67. The van der Waals surface area contributed by atoms with Crippen LogP contribution in [0.1, 0.15) is 18.6 Å². The first kappa shape index (κ1) is 18.2. The molecule has 1 aromatic rings. The second kappa shape index (κ2) is 7.30. The summed E-state index contributed by atoms with van der Waals surface area (Å²) in [6, 6.07) is 3.11. The fourth-order valence-corrected chi connectivity index (χ4v) is 5.58. The average molecular weight is 401 g/mol. The number of furan rings is 1. The Bertz CT molecular complexity index is 829. The zero-order chi connectivity index (χ0) is 18.0. The summed E-state index contributed by atoms with van der Waals surface area (Å²) in [5.74, 6) is 0.0881. The quantitative estimate of drug-likeness (QED) is 0.585. The summed E-state index contributed by atoms with van der Waals surface area (Å²) in [6.45, 7) is 0.158. The van der Waals surface area contributed by atoms with E-state index in [-0.39, 0.29) is 42.3 Å². The van der Waals surface area contributed by atoms with Crippen LogP contribution in [0.25, 0.3) is 6.08 Å². The number of rotatable bonds is 5. The number of hydrogen-bond donors (Lipinski definition) is 1. The van der Waals surface area contributed by atoms with Crippen LogP contribution in [0.15, 0.2) is 27.7 Å². The van der Waals surface area contributed by atoms with Crippen LogP contribution in [0.5, 0.6) is 0 Å². The maximum atomic E-state index is 12.4. The van der Waals surface area contributed by atoms with E-state index in [1.165, 1.54) is 11.2 Å². The number of hydrogen-bond acceptors (Lipinski definition) is 7. The topological polar surface area (TPSA) is 96.7 Å². The van der Waals surface area contributed by atoms with Gasteiger partial charge in [-0.25, -0.2) is 8.42 Å². The summed E-state index contributed by atoms with van der Waals surface area (Å²) in [7, 11) is -3.04. The van der Waals surface area contributed by atoms with E-state index in [0.29, 0.717) is 21.4 Å². The maximum Gasteiger partial charge on any atom is 0.266 e. The van der Waals surface area contributed by atoms with Crippen molar-refractivity contribution < 1.29 is 22.4 Å². The minimum Gasteiger partial charge on any atom is -0.465 e. The zero-order valence-electron chi connectivity index (χ0n) is 13.1. The van der Waals surface area contributed by atoms with E-state index < -0.39 is 9.84 Å². The number of sulfone groups is 1. The van der Waals surface area contributed by atoms with Gasteiger partial charge in [-0.2, -0.15) is 0 Å². The first-order valence-electron chi connectivity index (χ1n) is 7.63. The summed E-state index contributed by atoms with van der Waals surface area (Å²) in [6.07, 6.45) is 3.63. The van der Waals surface area contributed by atoms with Gasteiger partial charge in [-0.15, -0.1) is 0 Å². The molecule has 1 unspecified atom stereocenters. The normalized spacial score (nSPS) is 24.2. The van der Waals surface area contributed by atoms with Gasteiger partial charge in [0.1, 0.15) is 10.1 Å². The van der Waals surface area contributed by atoms with Crippen molar-refractivity contribution in [2.24, 2.45) is 0 Å². The molecule has 2 fully saturated rings. The van der Waals surface area contributed by atoms with Crippen LogP contribution in [0.2, 0.25) is 0 Å². The van der Waals surface area contributed by atoms with Gasteiger partial charge in [0.2, 0.25) is 5.91 Å². The van der Waals surface area contributed by atoms with Gasteiger partial charge in [0.05, 0.1) is 22.7 Å². The summed E-state index contributed by atoms with van der Waals surface area (Å²) >= 11 is 6.36. The summed E-state index contributed by atoms with van der Waals surface area (Å²) in [5, 5.41) is 2.70. The number of thiocarbonyl (C=S) groups is 1. The lowest BCUT2D eigenvalue weighted by Gasteiger charge is -2.15. The first-order valence-corrected chi connectivity index (χ1v) is 10.7. The van der Waals surface area contributed by atoms with E-state index in [2.05, 4.69) is 5.32 Å². The molecule has 0 aliphatic carbocycles. The largest absolute Gasteiger partial charge is 0.465 e. The van der Waals surface area contributed by atoms with Crippen LogP contribution >= 0.6 is 24.0 Å². The molecule has 0 saturated carbocycles. The standard InChI is InChI=1S/C15H16N2O5S3/c18-13(16-10-4-7-25(20,21)9-10)3-5-17-14(19)12(24-15(17)23)8-11-2-1-6-22-11/h1-2,6,8,10H,3-5,7,9H2,(H,16,18). The van der Waals surface area contributed by atoms with E-state index in [0.717, 1.165) is 11.8 Å². The average Bonchev–Trinajstić information content (AvgIpc) is 3.21. The van der Waals surface area contributed by atoms with Gasteiger partial charge in [0.25, 0.3) is 5.91 Å². The van der Waals surface area contributed by atoms with Crippen molar-refractivity contribution in [1.82, 2.24) is 10.2 Å². The Hall–Kier alpha value is -1.65. The molecule has 0 aromatic carbocycles. The Morgan fingerprint density at radius 2 is 2.32 bits per heavy atom. The van der Waals surface area contributed by atoms with E-state index >= 15 is 0 Å². The van der Waals surface area contributed by atoms with Crippen molar-refractivity contribution in [2.75, 3.05) is 18.1 Å². The molecule has 0 radical (unpaired) electrons. The molecule has 0 spiro atoms. The molecule has 3 heterocycles. The molecule has 2 aliphatic rings. The van der Waals surface area contributed by atoms with E-state index in [1.54, 1.807) is 18.2 Å². The second-order valence-electron chi connectivity index (χ2n) is 5.77. The van der Waals surface area contributed by atoms with Crippen LogP contribution in [0.3, 0.4) is 0 Å². The van der Waals surface area contributed by atoms with Crippen LogP contribution in [-0.2, 0) is 19.4 Å². The zero-order valence-corrected chi connectivity index (χ0v) is 15.6. The molecule has 1 N–H and O–H groups in total. The van der Waals surface area contributed by atoms with Gasteiger partial charge in [-0.1, -0.05) is 24.0 Å². The molecule has 0 bridgehead atoms. The minimum absolute atomic E-state index is 0.0221. The molecule has 25 heavy (non-hydrogen) atoms. The first-order chi connectivity index (χ1) is 11.8. The van der Waals surface area contributed by atoms with E-state index in [4.69, 9.17) is 16.6 Å². The fraction of sp³-hybridized carbons (Fsp3) is 0.400. The third-order valence-corrected chi connectivity index (χ3v) is 7.00. The molecular formula is C15H16N2O5S3.